The number of carbonyl (C=O) groups excluding carboxylic acids is 4. The molecule has 2 aromatic carbocycles. The molecule has 3 heterocycles. The van der Waals surface area contributed by atoms with Gasteiger partial charge in [0.25, 0.3) is 0 Å². The zero-order valence-corrected chi connectivity index (χ0v) is 23.7. The minimum absolute atomic E-state index is 0.0577. The van der Waals surface area contributed by atoms with Crippen molar-refractivity contribution in [1.82, 2.24) is 24.8 Å². The molecule has 4 amide bonds. The number of aromatic nitrogens is 1. The molecule has 2 saturated heterocycles. The lowest BCUT2D eigenvalue weighted by atomic mass is 9.98. The number of carbonyl (C=O) groups is 4. The van der Waals surface area contributed by atoms with Gasteiger partial charge in [-0.3, -0.25) is 24.2 Å². The van der Waals surface area contributed by atoms with E-state index in [2.05, 4.69) is 11.6 Å². The van der Waals surface area contributed by atoms with E-state index in [0.717, 1.165) is 11.1 Å². The fourth-order valence-corrected chi connectivity index (χ4v) is 5.70. The van der Waals surface area contributed by atoms with E-state index in [0.29, 0.717) is 12.0 Å². The van der Waals surface area contributed by atoms with Crippen molar-refractivity contribution in [3.63, 3.8) is 0 Å². The number of aryl methyl sites for hydroxylation is 1. The molecule has 0 unspecified atom stereocenters. The third kappa shape index (κ3) is 6.57. The van der Waals surface area contributed by atoms with Gasteiger partial charge in [0.15, 0.2) is 0 Å². The summed E-state index contributed by atoms with van der Waals surface area (Å²) in [6, 6.07) is 16.8. The number of piperazine rings is 1. The minimum Gasteiger partial charge on any atom is -0.508 e. The topological polar surface area (TPSA) is 140 Å². The van der Waals surface area contributed by atoms with Crippen molar-refractivity contribution in [2.24, 2.45) is 5.73 Å². The number of phenolic OH excluding ortho intramolecular Hbond substituents is 1. The molecule has 5 rings (SSSR count). The van der Waals surface area contributed by atoms with Gasteiger partial charge >= 0.3 is 0 Å². The number of aromatic hydroxyl groups is 1. The summed E-state index contributed by atoms with van der Waals surface area (Å²) in [5.74, 6) is -1.29. The second-order valence-corrected chi connectivity index (χ2v) is 10.7. The van der Waals surface area contributed by atoms with Crippen LogP contribution in [-0.2, 0) is 33.8 Å². The molecule has 2 atom stereocenters. The van der Waals surface area contributed by atoms with Crippen LogP contribution in [0.15, 0.2) is 85.7 Å². The van der Waals surface area contributed by atoms with E-state index >= 15 is 0 Å². The Bertz CT molecular complexity index is 1510. The molecule has 11 heteroatoms. The fraction of sp³-hybridized carbons (Fsp3) is 0.281. The highest BCUT2D eigenvalue weighted by Crippen LogP contribution is 2.30. The van der Waals surface area contributed by atoms with Crippen LogP contribution >= 0.6 is 0 Å². The standard InChI is InChI=1S/C32H34N6O5/c1-2-14-36-21-30(41)37-27(16-23-8-11-26(39)12-9-23)32(43)35(19-24-15-25(31(33)42)18-34-17-24)20-28(37)38(36)29(40)13-10-22-6-4-3-5-7-22/h2-9,11-12,15,17-18,27-28,39H,1,10,13-14,16,19-21H2,(H2,33,42)/t27-,28-/m0/s1. The molecule has 11 nitrogen and oxygen atoms in total. The Balaban J connectivity index is 1.50. The van der Waals surface area contributed by atoms with Crippen molar-refractivity contribution in [2.75, 3.05) is 19.6 Å². The number of rotatable bonds is 10. The Hall–Kier alpha value is -5.03. The predicted octanol–water partition coefficient (Wildman–Crippen LogP) is 1.87. The quantitative estimate of drug-likeness (QED) is 0.348. The second-order valence-electron chi connectivity index (χ2n) is 10.7. The van der Waals surface area contributed by atoms with Crippen LogP contribution in [0, 0.1) is 0 Å². The maximum absolute atomic E-state index is 14.1. The molecular weight excluding hydrogens is 548 g/mol. The lowest BCUT2D eigenvalue weighted by Gasteiger charge is -2.55. The van der Waals surface area contributed by atoms with E-state index in [4.69, 9.17) is 5.73 Å². The average molecular weight is 583 g/mol. The van der Waals surface area contributed by atoms with Crippen molar-refractivity contribution in [2.45, 2.75) is 38.0 Å². The molecule has 2 fully saturated rings. The molecule has 0 aliphatic carbocycles. The number of pyridine rings is 1. The minimum atomic E-state index is -0.904. The van der Waals surface area contributed by atoms with Gasteiger partial charge in [0.2, 0.25) is 23.6 Å². The van der Waals surface area contributed by atoms with E-state index in [1.165, 1.54) is 23.2 Å². The lowest BCUT2D eigenvalue weighted by Crippen LogP contribution is -2.75. The van der Waals surface area contributed by atoms with Gasteiger partial charge in [-0.05, 0) is 41.3 Å². The molecule has 1 aromatic heterocycles. The van der Waals surface area contributed by atoms with Crippen molar-refractivity contribution >= 4 is 23.6 Å². The molecule has 3 aromatic rings. The highest BCUT2D eigenvalue weighted by Gasteiger charge is 2.51. The first-order valence-corrected chi connectivity index (χ1v) is 14.1. The number of hydrogen-bond acceptors (Lipinski definition) is 7. The number of primary amides is 1. The molecule has 2 aliphatic heterocycles. The first kappa shape index (κ1) is 29.5. The third-order valence-corrected chi connectivity index (χ3v) is 7.71. The molecule has 222 valence electrons. The number of nitrogens with two attached hydrogens (primary N) is 1. The first-order chi connectivity index (χ1) is 20.7. The fourth-order valence-electron chi connectivity index (χ4n) is 5.70. The molecule has 0 radical (unpaired) electrons. The lowest BCUT2D eigenvalue weighted by molar-refractivity contribution is -0.205. The third-order valence-electron chi connectivity index (χ3n) is 7.71. The van der Waals surface area contributed by atoms with Crippen LogP contribution in [0.2, 0.25) is 0 Å². The average Bonchev–Trinajstić information content (AvgIpc) is 3.00. The largest absolute Gasteiger partial charge is 0.508 e. The zero-order valence-electron chi connectivity index (χ0n) is 23.7. The van der Waals surface area contributed by atoms with Crippen LogP contribution in [0.25, 0.3) is 0 Å². The van der Waals surface area contributed by atoms with Crippen LogP contribution < -0.4 is 5.73 Å². The highest BCUT2D eigenvalue weighted by atomic mass is 16.3. The van der Waals surface area contributed by atoms with Crippen LogP contribution in [0.5, 0.6) is 5.75 Å². The number of amides is 4. The Labute approximate surface area is 249 Å². The molecule has 3 N–H and O–H groups in total. The van der Waals surface area contributed by atoms with Crippen molar-refractivity contribution < 1.29 is 24.3 Å². The summed E-state index contributed by atoms with van der Waals surface area (Å²) in [5, 5.41) is 13.1. The van der Waals surface area contributed by atoms with Gasteiger partial charge in [-0.1, -0.05) is 48.5 Å². The molecule has 0 saturated carbocycles. The summed E-state index contributed by atoms with van der Waals surface area (Å²) in [4.78, 5) is 60.7. The van der Waals surface area contributed by atoms with Crippen molar-refractivity contribution in [1.29, 1.82) is 0 Å². The zero-order chi connectivity index (χ0) is 30.5. The smallest absolute Gasteiger partial charge is 0.250 e. The number of hydrogen-bond donors (Lipinski definition) is 2. The predicted molar refractivity (Wildman–Crippen MR) is 158 cm³/mol. The Morgan fingerprint density at radius 1 is 1.02 bits per heavy atom. The molecule has 2 aliphatic rings. The summed E-state index contributed by atoms with van der Waals surface area (Å²) in [6.07, 6.45) is 4.70. The van der Waals surface area contributed by atoms with Crippen LogP contribution in [0.1, 0.15) is 33.5 Å². The van der Waals surface area contributed by atoms with Gasteiger partial charge in [0.05, 0.1) is 18.7 Å². The number of hydrazine groups is 1. The number of phenols is 1. The van der Waals surface area contributed by atoms with E-state index < -0.39 is 18.1 Å². The second kappa shape index (κ2) is 12.9. The van der Waals surface area contributed by atoms with Gasteiger partial charge in [-0.2, -0.15) is 0 Å². The van der Waals surface area contributed by atoms with Crippen molar-refractivity contribution in [3.8, 4) is 5.75 Å². The van der Waals surface area contributed by atoms with E-state index in [-0.39, 0.29) is 68.1 Å². The molecule has 43 heavy (non-hydrogen) atoms. The van der Waals surface area contributed by atoms with E-state index in [1.807, 2.05) is 30.3 Å². The van der Waals surface area contributed by atoms with Gasteiger partial charge in [-0.15, -0.1) is 6.58 Å². The highest BCUT2D eigenvalue weighted by molar-refractivity contribution is 5.93. The summed E-state index contributed by atoms with van der Waals surface area (Å²) in [5.41, 5.74) is 8.02. The molecule has 0 bridgehead atoms. The number of benzene rings is 2. The Morgan fingerprint density at radius 2 is 1.77 bits per heavy atom. The van der Waals surface area contributed by atoms with E-state index in [1.54, 1.807) is 45.4 Å². The Kier molecular flexibility index (Phi) is 8.82. The van der Waals surface area contributed by atoms with Crippen LogP contribution in [-0.4, -0.2) is 85.4 Å². The van der Waals surface area contributed by atoms with Gasteiger partial charge < -0.3 is 20.6 Å². The summed E-state index contributed by atoms with van der Waals surface area (Å²) in [7, 11) is 0. The first-order valence-electron chi connectivity index (χ1n) is 14.1. The molecular formula is C32H34N6O5. The summed E-state index contributed by atoms with van der Waals surface area (Å²) in [6.45, 7) is 4.17. The van der Waals surface area contributed by atoms with Crippen LogP contribution in [0.4, 0.5) is 0 Å². The summed E-state index contributed by atoms with van der Waals surface area (Å²) < 4.78 is 0. The number of fused-ring (bicyclic) bond motifs is 1. The van der Waals surface area contributed by atoms with Crippen molar-refractivity contribution in [3.05, 3.63) is 108 Å². The number of nitrogens with zero attached hydrogens (tertiary/aromatic N) is 5. The van der Waals surface area contributed by atoms with Crippen LogP contribution in [0.3, 0.4) is 0 Å². The van der Waals surface area contributed by atoms with Gasteiger partial charge in [0, 0.05) is 38.3 Å². The van der Waals surface area contributed by atoms with Gasteiger partial charge in [0.1, 0.15) is 18.0 Å². The monoisotopic (exact) mass is 582 g/mol. The van der Waals surface area contributed by atoms with E-state index in [9.17, 15) is 24.3 Å². The Morgan fingerprint density at radius 3 is 2.47 bits per heavy atom. The summed E-state index contributed by atoms with van der Waals surface area (Å²) >= 11 is 0. The normalized spacial score (nSPS) is 18.8. The SMILES string of the molecule is C=CCN1CC(=O)N2[C@@H](Cc3ccc(O)cc3)C(=O)N(Cc3cncc(C(N)=O)c3)C[C@@H]2N1C(=O)CCc1ccccc1. The maximum atomic E-state index is 14.1. The van der Waals surface area contributed by atoms with Gasteiger partial charge in [-0.25, -0.2) is 10.0 Å². The maximum Gasteiger partial charge on any atom is 0.250 e. The molecule has 0 spiro atoms.